The van der Waals surface area contributed by atoms with Crippen LogP contribution in [0.1, 0.15) is 36.7 Å². The van der Waals surface area contributed by atoms with Crippen LogP contribution < -0.4 is 5.32 Å². The van der Waals surface area contributed by atoms with Gasteiger partial charge >= 0.3 is 0 Å². The Kier molecular flexibility index (Phi) is 4.76. The Balaban J connectivity index is 2.35. The first-order chi connectivity index (χ1) is 9.45. The largest absolute Gasteiger partial charge is 0.318 e. The number of nitrogens with one attached hydrogen (secondary N) is 1. The van der Waals surface area contributed by atoms with Gasteiger partial charge in [0, 0.05) is 11.8 Å². The van der Waals surface area contributed by atoms with E-state index in [1.165, 1.54) is 16.7 Å². The van der Waals surface area contributed by atoms with E-state index in [2.05, 4.69) is 50.5 Å². The molecule has 0 saturated carbocycles. The second kappa shape index (κ2) is 6.19. The molecule has 1 N–H and O–H groups in total. The number of hydrogen-bond donors (Lipinski definition) is 1. The van der Waals surface area contributed by atoms with Crippen molar-refractivity contribution in [2.45, 2.75) is 45.9 Å². The average Bonchev–Trinajstić information content (AvgIpc) is 2.66. The summed E-state index contributed by atoms with van der Waals surface area (Å²) in [5, 5.41) is 3.44. The first kappa shape index (κ1) is 15.4. The first-order valence-electron chi connectivity index (χ1n) is 7.10. The van der Waals surface area contributed by atoms with Crippen molar-refractivity contribution in [3.05, 3.63) is 34.9 Å². The lowest BCUT2D eigenvalue weighted by molar-refractivity contribution is -0.131. The minimum absolute atomic E-state index is 0.000231. The quantitative estimate of drug-likeness (QED) is 0.926. The summed E-state index contributed by atoms with van der Waals surface area (Å²) < 4.78 is 0. The van der Waals surface area contributed by atoms with E-state index in [9.17, 15) is 4.79 Å². The molecule has 1 amide bonds. The van der Waals surface area contributed by atoms with Gasteiger partial charge in [-0.05, 0) is 45.1 Å². The van der Waals surface area contributed by atoms with Crippen molar-refractivity contribution in [3.8, 4) is 0 Å². The molecule has 3 atom stereocenters. The maximum Gasteiger partial charge on any atom is 0.241 e. The molecule has 0 aromatic heterocycles. The Morgan fingerprint density at radius 1 is 1.40 bits per heavy atom. The van der Waals surface area contributed by atoms with Gasteiger partial charge in [0.05, 0.1) is 6.04 Å². The second-order valence-corrected chi connectivity index (χ2v) is 6.61. The highest BCUT2D eigenvalue weighted by molar-refractivity contribution is 7.98. The molecule has 4 heteroatoms. The van der Waals surface area contributed by atoms with Gasteiger partial charge in [-0.1, -0.05) is 23.8 Å². The fourth-order valence-corrected chi connectivity index (χ4v) is 3.55. The molecule has 0 aliphatic carbocycles. The molecule has 3 nitrogen and oxygen atoms in total. The predicted octanol–water partition coefficient (Wildman–Crippen LogP) is 2.87. The van der Waals surface area contributed by atoms with E-state index >= 15 is 0 Å². The van der Waals surface area contributed by atoms with Crippen LogP contribution in [0.2, 0.25) is 0 Å². The number of nitrogens with zero attached hydrogens (tertiary/aromatic N) is 1. The standard InChI is InChI=1S/C16H24N2OS/c1-10-6-7-14(11(2)8-10)15-17-13(4)16(19)18(15)12(3)9-20-5/h6-8,12-13,15,17H,9H2,1-5H3. The molecule has 1 fully saturated rings. The minimum atomic E-state index is -0.106. The molecule has 3 unspecified atom stereocenters. The van der Waals surface area contributed by atoms with Crippen LogP contribution in [0.15, 0.2) is 18.2 Å². The molecule has 0 spiro atoms. The van der Waals surface area contributed by atoms with E-state index in [0.29, 0.717) is 0 Å². The Morgan fingerprint density at radius 2 is 2.10 bits per heavy atom. The number of carbonyl (C=O) groups excluding carboxylic acids is 1. The van der Waals surface area contributed by atoms with Crippen molar-refractivity contribution in [2.75, 3.05) is 12.0 Å². The monoisotopic (exact) mass is 292 g/mol. The summed E-state index contributed by atoms with van der Waals surface area (Å²) in [6.45, 7) is 8.30. The van der Waals surface area contributed by atoms with Gasteiger partial charge in [-0.2, -0.15) is 11.8 Å². The van der Waals surface area contributed by atoms with Crippen molar-refractivity contribution < 1.29 is 4.79 Å². The van der Waals surface area contributed by atoms with Crippen LogP contribution in [0.4, 0.5) is 0 Å². The molecule has 1 aliphatic rings. The van der Waals surface area contributed by atoms with Crippen LogP contribution in [-0.2, 0) is 4.79 Å². The summed E-state index contributed by atoms with van der Waals surface area (Å²) in [7, 11) is 0. The predicted molar refractivity (Wildman–Crippen MR) is 85.9 cm³/mol. The van der Waals surface area contributed by atoms with Crippen molar-refractivity contribution in [3.63, 3.8) is 0 Å². The highest BCUT2D eigenvalue weighted by Crippen LogP contribution is 2.30. The van der Waals surface area contributed by atoms with Crippen molar-refractivity contribution in [2.24, 2.45) is 0 Å². The second-order valence-electron chi connectivity index (χ2n) is 5.70. The molecule has 1 heterocycles. The highest BCUT2D eigenvalue weighted by atomic mass is 32.2. The topological polar surface area (TPSA) is 32.3 Å². The number of hydrogen-bond acceptors (Lipinski definition) is 3. The lowest BCUT2D eigenvalue weighted by atomic mass is 10.0. The fourth-order valence-electron chi connectivity index (χ4n) is 2.90. The van der Waals surface area contributed by atoms with Gasteiger partial charge in [0.1, 0.15) is 6.17 Å². The van der Waals surface area contributed by atoms with Crippen LogP contribution in [0.3, 0.4) is 0 Å². The summed E-state index contributed by atoms with van der Waals surface area (Å²) in [6, 6.07) is 6.58. The first-order valence-corrected chi connectivity index (χ1v) is 8.49. The zero-order valence-corrected chi connectivity index (χ0v) is 13.8. The average molecular weight is 292 g/mol. The third-order valence-electron chi connectivity index (χ3n) is 3.91. The Hall–Kier alpha value is -1.00. The normalized spacial score (nSPS) is 24.2. The number of aryl methyl sites for hydroxylation is 2. The number of carbonyl (C=O) groups is 1. The van der Waals surface area contributed by atoms with Gasteiger partial charge in [-0.25, -0.2) is 0 Å². The lowest BCUT2D eigenvalue weighted by Gasteiger charge is -2.31. The molecule has 1 aliphatic heterocycles. The van der Waals surface area contributed by atoms with E-state index in [1.807, 2.05) is 11.8 Å². The molecule has 20 heavy (non-hydrogen) atoms. The van der Waals surface area contributed by atoms with E-state index in [4.69, 9.17) is 0 Å². The van der Waals surface area contributed by atoms with Crippen LogP contribution in [0.5, 0.6) is 0 Å². The summed E-state index contributed by atoms with van der Waals surface area (Å²) in [4.78, 5) is 14.5. The summed E-state index contributed by atoms with van der Waals surface area (Å²) in [5.74, 6) is 1.16. The van der Waals surface area contributed by atoms with Gasteiger partial charge < -0.3 is 4.90 Å². The van der Waals surface area contributed by atoms with Gasteiger partial charge in [-0.3, -0.25) is 10.1 Å². The van der Waals surface area contributed by atoms with Crippen LogP contribution in [0.25, 0.3) is 0 Å². The molecule has 110 valence electrons. The van der Waals surface area contributed by atoms with E-state index in [-0.39, 0.29) is 24.2 Å². The Labute approximate surface area is 126 Å². The van der Waals surface area contributed by atoms with E-state index in [1.54, 1.807) is 11.8 Å². The molecular formula is C16H24N2OS. The summed E-state index contributed by atoms with van der Waals surface area (Å²) in [5.41, 5.74) is 3.71. The lowest BCUT2D eigenvalue weighted by Crippen LogP contribution is -2.39. The van der Waals surface area contributed by atoms with E-state index in [0.717, 1.165) is 5.75 Å². The zero-order valence-electron chi connectivity index (χ0n) is 12.9. The van der Waals surface area contributed by atoms with Crippen molar-refractivity contribution >= 4 is 17.7 Å². The molecule has 0 bridgehead atoms. The van der Waals surface area contributed by atoms with Crippen LogP contribution >= 0.6 is 11.8 Å². The molecule has 1 aromatic rings. The van der Waals surface area contributed by atoms with Gasteiger partial charge in [0.25, 0.3) is 0 Å². The van der Waals surface area contributed by atoms with Gasteiger partial charge in [-0.15, -0.1) is 0 Å². The molecule has 0 radical (unpaired) electrons. The highest BCUT2D eigenvalue weighted by Gasteiger charge is 2.39. The zero-order chi connectivity index (χ0) is 14.9. The molecule has 2 rings (SSSR count). The van der Waals surface area contributed by atoms with E-state index < -0.39 is 0 Å². The SMILES string of the molecule is CSCC(C)N1C(=O)C(C)NC1c1ccc(C)cc1C. The van der Waals surface area contributed by atoms with Gasteiger partial charge in [0.2, 0.25) is 5.91 Å². The number of benzene rings is 1. The van der Waals surface area contributed by atoms with Crippen LogP contribution in [-0.4, -0.2) is 34.9 Å². The molecular weight excluding hydrogens is 268 g/mol. The van der Waals surface area contributed by atoms with Crippen molar-refractivity contribution in [1.29, 1.82) is 0 Å². The number of thioether (sulfide) groups is 1. The Morgan fingerprint density at radius 3 is 2.70 bits per heavy atom. The van der Waals surface area contributed by atoms with Crippen LogP contribution in [0, 0.1) is 13.8 Å². The van der Waals surface area contributed by atoms with Crippen molar-refractivity contribution in [1.82, 2.24) is 10.2 Å². The minimum Gasteiger partial charge on any atom is -0.318 e. The maximum atomic E-state index is 12.4. The molecule has 1 saturated heterocycles. The third-order valence-corrected chi connectivity index (χ3v) is 4.73. The maximum absolute atomic E-state index is 12.4. The third kappa shape index (κ3) is 2.86. The fraction of sp³-hybridized carbons (Fsp3) is 0.562. The Bertz CT molecular complexity index is 503. The van der Waals surface area contributed by atoms with Gasteiger partial charge in [0.15, 0.2) is 0 Å². The number of rotatable bonds is 4. The summed E-state index contributed by atoms with van der Waals surface area (Å²) in [6.07, 6.45) is 2.08. The smallest absolute Gasteiger partial charge is 0.241 e. The number of amides is 1. The molecule has 1 aromatic carbocycles. The summed E-state index contributed by atoms with van der Waals surface area (Å²) >= 11 is 1.78.